The topological polar surface area (TPSA) is 180 Å². The minimum Gasteiger partial charge on any atom is -0.494 e. The van der Waals surface area contributed by atoms with E-state index in [-0.39, 0.29) is 17.7 Å². The van der Waals surface area contributed by atoms with Gasteiger partial charge < -0.3 is 40.4 Å². The molecule has 2 heterocycles. The average Bonchev–Trinajstić information content (AvgIpc) is 3.30. The second-order valence-electron chi connectivity index (χ2n) is 11.6. The molecule has 5 atom stereocenters. The predicted molar refractivity (Wildman–Crippen MR) is 148 cm³/mol. The molecule has 1 fully saturated rings. The molecule has 0 aliphatic carbocycles. The number of rotatable bonds is 14. The summed E-state index contributed by atoms with van der Waals surface area (Å²) in [5.41, 5.74) is 8.64. The highest BCUT2D eigenvalue weighted by Gasteiger charge is 2.45. The lowest BCUT2D eigenvalue weighted by atomic mass is 9.86. The lowest BCUT2D eigenvalue weighted by molar-refractivity contribution is -0.278. The van der Waals surface area contributed by atoms with Crippen molar-refractivity contribution in [2.45, 2.75) is 103 Å². The summed E-state index contributed by atoms with van der Waals surface area (Å²) in [5, 5.41) is 47.4. The number of hydrogen-bond acceptors (Lipinski definition) is 9. The quantitative estimate of drug-likeness (QED) is 0.188. The van der Waals surface area contributed by atoms with Gasteiger partial charge in [0.15, 0.2) is 0 Å². The fourth-order valence-electron chi connectivity index (χ4n) is 4.69. The number of nitrogens with one attached hydrogen (secondary N) is 1. The maximum absolute atomic E-state index is 11.4. The summed E-state index contributed by atoms with van der Waals surface area (Å²) in [6.07, 6.45) is -2.97. The van der Waals surface area contributed by atoms with Crippen LogP contribution in [0.3, 0.4) is 0 Å². The van der Waals surface area contributed by atoms with Gasteiger partial charge in [-0.2, -0.15) is 0 Å². The second-order valence-corrected chi connectivity index (χ2v) is 11.6. The molecule has 1 amide bonds. The second kappa shape index (κ2) is 13.8. The summed E-state index contributed by atoms with van der Waals surface area (Å²) in [7, 11) is 0. The Hall–Kier alpha value is -2.70. The van der Waals surface area contributed by atoms with Crippen LogP contribution in [0.2, 0.25) is 0 Å². The Morgan fingerprint density at radius 1 is 1.15 bits per heavy atom. The molecular weight excluding hydrogens is 518 g/mol. The Balaban J connectivity index is 1.64. The van der Waals surface area contributed by atoms with Crippen LogP contribution in [0.25, 0.3) is 0 Å². The number of unbranched alkanes of at least 4 members (excludes halogenated alkanes) is 2. The number of nitrogens with two attached hydrogens (primary N) is 1. The lowest BCUT2D eigenvalue weighted by Crippen LogP contribution is -2.60. The zero-order valence-electron chi connectivity index (χ0n) is 24.1. The highest BCUT2D eigenvalue weighted by Crippen LogP contribution is 2.32. The van der Waals surface area contributed by atoms with Crippen LogP contribution in [0.4, 0.5) is 0 Å². The fourth-order valence-corrected chi connectivity index (χ4v) is 4.69. The SMILES string of the molecule is Cc1cc(OCCCCCC(C)(C)C(N)=O)ccc1Cc1c(O[C@@H]2O[C@H](CO)[C@@H](O)[C@H](O)[C@H]2O)n[nH]c1C(C)C. The highest BCUT2D eigenvalue weighted by molar-refractivity contribution is 5.79. The molecule has 1 aromatic carbocycles. The van der Waals surface area contributed by atoms with Crippen molar-refractivity contribution >= 4 is 5.91 Å². The van der Waals surface area contributed by atoms with Crippen LogP contribution >= 0.6 is 0 Å². The molecule has 0 radical (unpaired) electrons. The van der Waals surface area contributed by atoms with Crippen LogP contribution in [0.1, 0.15) is 81.7 Å². The number of aliphatic hydroxyl groups excluding tert-OH is 4. The number of aromatic amines is 1. The Labute approximate surface area is 235 Å². The van der Waals surface area contributed by atoms with E-state index in [4.69, 9.17) is 19.9 Å². The van der Waals surface area contributed by atoms with Crippen LogP contribution in [0, 0.1) is 12.3 Å². The van der Waals surface area contributed by atoms with E-state index < -0.39 is 42.7 Å². The van der Waals surface area contributed by atoms with Crippen molar-refractivity contribution in [3.63, 3.8) is 0 Å². The van der Waals surface area contributed by atoms with Crippen LogP contribution in [0.5, 0.6) is 11.6 Å². The number of H-pyrrole nitrogens is 1. The van der Waals surface area contributed by atoms with E-state index >= 15 is 0 Å². The van der Waals surface area contributed by atoms with Gasteiger partial charge in [-0.1, -0.05) is 46.6 Å². The molecule has 1 aromatic heterocycles. The number of amides is 1. The van der Waals surface area contributed by atoms with Crippen molar-refractivity contribution < 1.29 is 39.4 Å². The minimum absolute atomic E-state index is 0.103. The van der Waals surface area contributed by atoms with Gasteiger partial charge in [-0.05, 0) is 48.9 Å². The molecule has 1 saturated heterocycles. The fraction of sp³-hybridized carbons (Fsp3) is 0.655. The zero-order chi connectivity index (χ0) is 29.6. The van der Waals surface area contributed by atoms with E-state index in [2.05, 4.69) is 10.2 Å². The normalized spacial score (nSPS) is 23.4. The van der Waals surface area contributed by atoms with Gasteiger partial charge in [-0.3, -0.25) is 9.89 Å². The molecule has 224 valence electrons. The van der Waals surface area contributed by atoms with Gasteiger partial charge in [0, 0.05) is 23.1 Å². The molecule has 0 saturated carbocycles. The molecule has 2 aromatic rings. The Morgan fingerprint density at radius 3 is 2.50 bits per heavy atom. The van der Waals surface area contributed by atoms with Crippen LogP contribution < -0.4 is 15.2 Å². The number of aryl methyl sites for hydroxylation is 1. The monoisotopic (exact) mass is 563 g/mol. The number of benzene rings is 1. The number of primary amides is 1. The summed E-state index contributed by atoms with van der Waals surface area (Å²) >= 11 is 0. The number of nitrogens with zero attached hydrogens (tertiary/aromatic N) is 1. The summed E-state index contributed by atoms with van der Waals surface area (Å²) < 4.78 is 17.4. The molecule has 0 unspecified atom stereocenters. The maximum Gasteiger partial charge on any atom is 0.238 e. The standard InChI is InChI=1S/C29H45N3O8/c1-16(2)22-20(26(32-31-22)40-27-25(36)24(35)23(34)21(15-33)39-27)14-18-9-10-19(13-17(18)3)38-12-8-6-7-11-29(4,5)28(30)37/h9-10,13,16,21,23-25,27,33-36H,6-8,11-12,14-15H2,1-5H3,(H2,30,37)(H,31,32)/t21-,23-,24+,25-,27+/m1/s1. The molecule has 1 aliphatic rings. The van der Waals surface area contributed by atoms with Crippen LogP contribution in [-0.4, -0.2) is 80.5 Å². The summed E-state index contributed by atoms with van der Waals surface area (Å²) in [6, 6.07) is 5.90. The van der Waals surface area contributed by atoms with E-state index in [1.807, 2.05) is 52.8 Å². The first-order valence-electron chi connectivity index (χ1n) is 13.9. The number of carbonyl (C=O) groups excluding carboxylic acids is 1. The first-order valence-corrected chi connectivity index (χ1v) is 13.9. The minimum atomic E-state index is -1.54. The highest BCUT2D eigenvalue weighted by atomic mass is 16.7. The maximum atomic E-state index is 11.4. The van der Waals surface area contributed by atoms with Crippen molar-refractivity contribution in [2.75, 3.05) is 13.2 Å². The van der Waals surface area contributed by atoms with Gasteiger partial charge in [-0.15, -0.1) is 5.10 Å². The first kappa shape index (κ1) is 31.8. The van der Waals surface area contributed by atoms with Crippen LogP contribution in [0.15, 0.2) is 18.2 Å². The van der Waals surface area contributed by atoms with E-state index in [0.29, 0.717) is 13.0 Å². The van der Waals surface area contributed by atoms with Crippen molar-refractivity contribution in [2.24, 2.45) is 11.1 Å². The molecule has 1 aliphatic heterocycles. The van der Waals surface area contributed by atoms with Crippen molar-refractivity contribution in [1.29, 1.82) is 0 Å². The van der Waals surface area contributed by atoms with Gasteiger partial charge in [0.2, 0.25) is 18.1 Å². The third kappa shape index (κ3) is 7.73. The molecule has 0 bridgehead atoms. The molecule has 40 heavy (non-hydrogen) atoms. The first-order chi connectivity index (χ1) is 18.9. The van der Waals surface area contributed by atoms with Crippen molar-refractivity contribution in [3.05, 3.63) is 40.6 Å². The van der Waals surface area contributed by atoms with Gasteiger partial charge >= 0.3 is 0 Å². The van der Waals surface area contributed by atoms with E-state index in [1.54, 1.807) is 0 Å². The Morgan fingerprint density at radius 2 is 1.88 bits per heavy atom. The number of carbonyl (C=O) groups is 1. The molecule has 0 spiro atoms. The van der Waals surface area contributed by atoms with Crippen molar-refractivity contribution in [3.8, 4) is 11.6 Å². The molecule has 11 heteroatoms. The van der Waals surface area contributed by atoms with Gasteiger partial charge in [-0.25, -0.2) is 0 Å². The molecular formula is C29H45N3O8. The molecule has 3 rings (SSSR count). The lowest BCUT2D eigenvalue weighted by Gasteiger charge is -2.39. The molecule has 11 nitrogen and oxygen atoms in total. The van der Waals surface area contributed by atoms with Crippen LogP contribution in [-0.2, 0) is 16.0 Å². The summed E-state index contributed by atoms with van der Waals surface area (Å²) in [6.45, 7) is 9.81. The van der Waals surface area contributed by atoms with E-state index in [0.717, 1.165) is 53.8 Å². The van der Waals surface area contributed by atoms with Crippen molar-refractivity contribution in [1.82, 2.24) is 10.2 Å². The van der Waals surface area contributed by atoms with Gasteiger partial charge in [0.1, 0.15) is 30.2 Å². The number of aromatic nitrogens is 2. The Kier molecular flexibility index (Phi) is 11.0. The number of aliphatic hydroxyl groups is 4. The summed E-state index contributed by atoms with van der Waals surface area (Å²) in [4.78, 5) is 11.4. The van der Waals surface area contributed by atoms with E-state index in [1.165, 1.54) is 0 Å². The van der Waals surface area contributed by atoms with E-state index in [9.17, 15) is 25.2 Å². The third-order valence-electron chi connectivity index (χ3n) is 7.58. The molecule has 7 N–H and O–H groups in total. The predicted octanol–water partition coefficient (Wildman–Crippen LogP) is 2.06. The van der Waals surface area contributed by atoms with Gasteiger partial charge in [0.05, 0.1) is 13.2 Å². The van der Waals surface area contributed by atoms with Gasteiger partial charge in [0.25, 0.3) is 0 Å². The third-order valence-corrected chi connectivity index (χ3v) is 7.58. The average molecular weight is 564 g/mol. The smallest absolute Gasteiger partial charge is 0.238 e. The number of hydrogen-bond donors (Lipinski definition) is 6. The largest absolute Gasteiger partial charge is 0.494 e. The number of ether oxygens (including phenoxy) is 3. The summed E-state index contributed by atoms with van der Waals surface area (Å²) in [5.74, 6) is 0.814. The Bertz CT molecular complexity index is 1120. The zero-order valence-corrected chi connectivity index (χ0v) is 24.1.